The Kier molecular flexibility index (Phi) is 3.47. The van der Waals surface area contributed by atoms with E-state index >= 15 is 0 Å². The zero-order valence-corrected chi connectivity index (χ0v) is 14.4. The summed E-state index contributed by atoms with van der Waals surface area (Å²) in [7, 11) is 0. The molecule has 6 nitrogen and oxygen atoms in total. The first-order chi connectivity index (χ1) is 10.6. The number of nitrogen functional groups attached to an aromatic ring is 1. The van der Waals surface area contributed by atoms with Crippen LogP contribution >= 0.6 is 27.7 Å². The van der Waals surface area contributed by atoms with Crippen LogP contribution in [0, 0.1) is 6.92 Å². The van der Waals surface area contributed by atoms with Crippen LogP contribution in [0.15, 0.2) is 21.8 Å². The highest BCUT2D eigenvalue weighted by Crippen LogP contribution is 2.44. The SMILES string of the molecule is Cc1cc(Br)cnc1CN1NC2CCSc3nc(N)nc1c32. The largest absolute Gasteiger partial charge is 0.368 e. The van der Waals surface area contributed by atoms with Crippen LogP contribution in [0.3, 0.4) is 0 Å². The average molecular weight is 379 g/mol. The zero-order chi connectivity index (χ0) is 15.3. The van der Waals surface area contributed by atoms with Crippen molar-refractivity contribution in [1.29, 1.82) is 0 Å². The van der Waals surface area contributed by atoms with Gasteiger partial charge in [-0.15, -0.1) is 11.8 Å². The summed E-state index contributed by atoms with van der Waals surface area (Å²) in [6, 6.07) is 2.35. The van der Waals surface area contributed by atoms with Crippen molar-refractivity contribution in [2.75, 3.05) is 16.5 Å². The van der Waals surface area contributed by atoms with Crippen molar-refractivity contribution >= 4 is 39.5 Å². The van der Waals surface area contributed by atoms with Crippen LogP contribution in [0.5, 0.6) is 0 Å². The first kappa shape index (κ1) is 14.2. The number of rotatable bonds is 2. The first-order valence-corrected chi connectivity index (χ1v) is 8.84. The lowest BCUT2D eigenvalue weighted by Gasteiger charge is -2.20. The van der Waals surface area contributed by atoms with E-state index in [-0.39, 0.29) is 6.04 Å². The van der Waals surface area contributed by atoms with Gasteiger partial charge in [0.25, 0.3) is 0 Å². The number of nitrogens with one attached hydrogen (secondary N) is 1. The quantitative estimate of drug-likeness (QED) is 0.777. The molecule has 2 aromatic rings. The summed E-state index contributed by atoms with van der Waals surface area (Å²) in [6.07, 6.45) is 2.89. The summed E-state index contributed by atoms with van der Waals surface area (Å²) < 4.78 is 0.990. The molecule has 8 heteroatoms. The van der Waals surface area contributed by atoms with Crippen LogP contribution in [-0.4, -0.2) is 20.7 Å². The number of nitrogens with zero attached hydrogens (tertiary/aromatic N) is 4. The lowest BCUT2D eigenvalue weighted by atomic mass is 10.1. The van der Waals surface area contributed by atoms with Gasteiger partial charge in [0.2, 0.25) is 5.95 Å². The van der Waals surface area contributed by atoms with Crippen molar-refractivity contribution in [2.24, 2.45) is 0 Å². The lowest BCUT2D eigenvalue weighted by Crippen LogP contribution is -2.35. The Morgan fingerprint density at radius 3 is 3.18 bits per heavy atom. The second kappa shape index (κ2) is 5.36. The van der Waals surface area contributed by atoms with Crippen molar-refractivity contribution in [3.8, 4) is 0 Å². The monoisotopic (exact) mass is 378 g/mol. The topological polar surface area (TPSA) is 80.0 Å². The molecule has 0 saturated heterocycles. The van der Waals surface area contributed by atoms with Gasteiger partial charge >= 0.3 is 0 Å². The molecule has 0 aromatic carbocycles. The number of hydrazine groups is 1. The molecular formula is C14H15BrN6S. The van der Waals surface area contributed by atoms with E-state index in [9.17, 15) is 0 Å². The number of hydrogen-bond acceptors (Lipinski definition) is 7. The third-order valence-electron chi connectivity index (χ3n) is 3.93. The predicted molar refractivity (Wildman–Crippen MR) is 90.5 cm³/mol. The van der Waals surface area contributed by atoms with E-state index in [0.717, 1.165) is 38.7 Å². The van der Waals surface area contributed by atoms with Crippen LogP contribution in [0.4, 0.5) is 11.8 Å². The molecule has 22 heavy (non-hydrogen) atoms. The molecule has 3 N–H and O–H groups in total. The number of anilines is 2. The van der Waals surface area contributed by atoms with Crippen LogP contribution in [0.25, 0.3) is 0 Å². The molecule has 1 atom stereocenters. The normalized spacial score (nSPS) is 19.4. The molecule has 0 fully saturated rings. The molecule has 0 amide bonds. The maximum absolute atomic E-state index is 5.87. The molecule has 0 saturated carbocycles. The van der Waals surface area contributed by atoms with Gasteiger partial charge in [0.15, 0.2) is 5.82 Å². The molecule has 4 rings (SSSR count). The standard InChI is InChI=1S/C14H15BrN6S/c1-7-4-8(15)5-17-10(7)6-21-12-11-9(20-21)2-3-22-13(11)19-14(16)18-12/h4-5,9,20H,2-3,6H2,1H3,(H2,16,18,19). The van der Waals surface area contributed by atoms with Gasteiger partial charge in [0.05, 0.1) is 18.3 Å². The van der Waals surface area contributed by atoms with Gasteiger partial charge in [-0.25, -0.2) is 10.4 Å². The number of hydrogen-bond donors (Lipinski definition) is 2. The molecule has 2 aliphatic rings. The molecule has 0 bridgehead atoms. The third kappa shape index (κ3) is 2.35. The van der Waals surface area contributed by atoms with Gasteiger partial charge in [0, 0.05) is 22.0 Å². The minimum Gasteiger partial charge on any atom is -0.368 e. The molecule has 1 unspecified atom stereocenters. The summed E-state index contributed by atoms with van der Waals surface area (Å²) in [4.78, 5) is 13.3. The Bertz CT molecular complexity index is 752. The van der Waals surface area contributed by atoms with Crippen LogP contribution in [0.1, 0.15) is 29.3 Å². The van der Waals surface area contributed by atoms with Gasteiger partial charge < -0.3 is 5.73 Å². The molecule has 0 radical (unpaired) electrons. The maximum atomic E-state index is 5.87. The highest BCUT2D eigenvalue weighted by Gasteiger charge is 2.36. The van der Waals surface area contributed by atoms with Gasteiger partial charge in [-0.2, -0.15) is 4.98 Å². The number of nitrogens with two attached hydrogens (primary N) is 1. The average Bonchev–Trinajstić information content (AvgIpc) is 2.81. The first-order valence-electron chi connectivity index (χ1n) is 7.07. The van der Waals surface area contributed by atoms with Crippen molar-refractivity contribution < 1.29 is 0 Å². The van der Waals surface area contributed by atoms with Crippen molar-refractivity contribution in [2.45, 2.75) is 31.0 Å². The minimum absolute atomic E-state index is 0.280. The molecular weight excluding hydrogens is 364 g/mol. The second-order valence-corrected chi connectivity index (χ2v) is 7.45. The van der Waals surface area contributed by atoms with Crippen LogP contribution in [0.2, 0.25) is 0 Å². The molecule has 2 aliphatic heterocycles. The van der Waals surface area contributed by atoms with E-state index in [4.69, 9.17) is 5.73 Å². The van der Waals surface area contributed by atoms with Gasteiger partial charge in [-0.3, -0.25) is 9.99 Å². The third-order valence-corrected chi connectivity index (χ3v) is 5.39. The smallest absolute Gasteiger partial charge is 0.223 e. The highest BCUT2D eigenvalue weighted by molar-refractivity contribution is 9.10. The summed E-state index contributed by atoms with van der Waals surface area (Å²) in [5.41, 5.74) is 12.7. The summed E-state index contributed by atoms with van der Waals surface area (Å²) >= 11 is 5.21. The Morgan fingerprint density at radius 1 is 1.50 bits per heavy atom. The molecule has 4 heterocycles. The highest BCUT2D eigenvalue weighted by atomic mass is 79.9. The van der Waals surface area contributed by atoms with Crippen molar-refractivity contribution in [3.05, 3.63) is 33.6 Å². The van der Waals surface area contributed by atoms with E-state index in [1.165, 1.54) is 5.56 Å². The molecule has 2 aromatic heterocycles. The van der Waals surface area contributed by atoms with Gasteiger partial charge in [-0.1, -0.05) is 0 Å². The Balaban J connectivity index is 1.71. The number of thioether (sulfide) groups is 1. The Labute approximate surface area is 141 Å². The fraction of sp³-hybridized carbons (Fsp3) is 0.357. The van der Waals surface area contributed by atoms with Crippen molar-refractivity contribution in [1.82, 2.24) is 20.4 Å². The van der Waals surface area contributed by atoms with Crippen LogP contribution < -0.4 is 16.2 Å². The van der Waals surface area contributed by atoms with Gasteiger partial charge in [0.1, 0.15) is 5.03 Å². The maximum Gasteiger partial charge on any atom is 0.223 e. The number of aromatic nitrogens is 3. The Hall–Kier alpha value is -1.38. The van der Waals surface area contributed by atoms with E-state index in [0.29, 0.717) is 12.5 Å². The molecule has 0 aliphatic carbocycles. The number of halogens is 1. The fourth-order valence-corrected chi connectivity index (χ4v) is 4.41. The lowest BCUT2D eigenvalue weighted by molar-refractivity contribution is 0.520. The second-order valence-electron chi connectivity index (χ2n) is 5.45. The summed E-state index contributed by atoms with van der Waals surface area (Å²) in [5.74, 6) is 2.27. The Morgan fingerprint density at radius 2 is 2.36 bits per heavy atom. The molecule has 114 valence electrons. The van der Waals surface area contributed by atoms with E-state index < -0.39 is 0 Å². The van der Waals surface area contributed by atoms with Crippen LogP contribution in [-0.2, 0) is 6.54 Å². The number of aryl methyl sites for hydroxylation is 1. The van der Waals surface area contributed by atoms with Crippen molar-refractivity contribution in [3.63, 3.8) is 0 Å². The minimum atomic E-state index is 0.280. The zero-order valence-electron chi connectivity index (χ0n) is 12.0. The van der Waals surface area contributed by atoms with E-state index in [2.05, 4.69) is 54.3 Å². The predicted octanol–water partition coefficient (Wildman–Crippen LogP) is 2.59. The van der Waals surface area contributed by atoms with Gasteiger partial charge in [-0.05, 0) is 40.9 Å². The van der Waals surface area contributed by atoms with E-state index in [1.54, 1.807) is 11.8 Å². The summed E-state index contributed by atoms with van der Waals surface area (Å²) in [6.45, 7) is 2.72. The fourth-order valence-electron chi connectivity index (χ4n) is 2.88. The molecule has 0 spiro atoms. The summed E-state index contributed by atoms with van der Waals surface area (Å²) in [5, 5.41) is 3.06. The number of pyridine rings is 1. The van der Waals surface area contributed by atoms with E-state index in [1.807, 2.05) is 6.20 Å².